The van der Waals surface area contributed by atoms with Crippen LogP contribution in [0.3, 0.4) is 0 Å². The molecule has 1 aromatic heterocycles. The first-order valence-electron chi connectivity index (χ1n) is 8.15. The lowest BCUT2D eigenvalue weighted by molar-refractivity contribution is -0.00486. The minimum absolute atomic E-state index is 0.0314. The highest BCUT2D eigenvalue weighted by Gasteiger charge is 2.61. The number of methoxy groups -OCH3 is 1. The van der Waals surface area contributed by atoms with Gasteiger partial charge in [0.05, 0.1) is 10.6 Å². The third-order valence-electron chi connectivity index (χ3n) is 5.26. The van der Waals surface area contributed by atoms with Gasteiger partial charge in [-0.3, -0.25) is 4.79 Å². The van der Waals surface area contributed by atoms with Crippen molar-refractivity contribution in [1.29, 1.82) is 0 Å². The Morgan fingerprint density at radius 2 is 2.32 bits per heavy atom. The Labute approximate surface area is 148 Å². The Balaban J connectivity index is 1.71. The van der Waals surface area contributed by atoms with E-state index in [0.29, 0.717) is 18.3 Å². The maximum absolute atomic E-state index is 14.3. The lowest BCUT2D eigenvalue weighted by atomic mass is 9.67. The number of carbonyl (C=O) groups excluding carboxylic acids is 1. The van der Waals surface area contributed by atoms with Crippen molar-refractivity contribution in [3.8, 4) is 0 Å². The number of carbonyl (C=O) groups is 1. The average Bonchev–Trinajstić information content (AvgIpc) is 3.13. The Kier molecular flexibility index (Phi) is 4.00. The average molecular weight is 366 g/mol. The first-order chi connectivity index (χ1) is 12.1. The fourth-order valence-corrected chi connectivity index (χ4v) is 4.12. The number of rotatable bonds is 4. The zero-order chi connectivity index (χ0) is 17.6. The number of benzene rings is 1. The molecular weight excluding hydrogens is 349 g/mol. The van der Waals surface area contributed by atoms with Crippen molar-refractivity contribution in [2.45, 2.75) is 31.4 Å². The van der Waals surface area contributed by atoms with E-state index in [9.17, 15) is 9.18 Å². The number of likely N-dealkylation sites (tertiary alicyclic amines) is 1. The molecule has 6 nitrogen and oxygen atoms in total. The molecule has 8 heteroatoms. The van der Waals surface area contributed by atoms with Crippen LogP contribution in [0.2, 0.25) is 5.02 Å². The van der Waals surface area contributed by atoms with Gasteiger partial charge in [0.1, 0.15) is 12.1 Å². The highest BCUT2D eigenvalue weighted by Crippen LogP contribution is 2.56. The van der Waals surface area contributed by atoms with E-state index in [4.69, 9.17) is 20.8 Å². The molecule has 1 aromatic carbocycles. The molecule has 132 valence electrons. The molecule has 2 heterocycles. The highest BCUT2D eigenvalue weighted by molar-refractivity contribution is 6.31. The summed E-state index contributed by atoms with van der Waals surface area (Å²) in [5, 5.41) is 8.07. The second kappa shape index (κ2) is 6.07. The van der Waals surface area contributed by atoms with Crippen LogP contribution in [-0.2, 0) is 16.9 Å². The zero-order valence-electron chi connectivity index (χ0n) is 13.7. The number of halogens is 2. The van der Waals surface area contributed by atoms with Crippen LogP contribution in [-0.4, -0.2) is 34.7 Å². The molecule has 1 aliphatic carbocycles. The smallest absolute Gasteiger partial charge is 0.257 e. The van der Waals surface area contributed by atoms with Crippen LogP contribution in [0.5, 0.6) is 0 Å². The fraction of sp³-hybridized carbons (Fsp3) is 0.471. The van der Waals surface area contributed by atoms with Gasteiger partial charge in [0.2, 0.25) is 11.8 Å². The Morgan fingerprint density at radius 3 is 3.04 bits per heavy atom. The highest BCUT2D eigenvalue weighted by atomic mass is 35.5. The number of hydrogen-bond acceptors (Lipinski definition) is 5. The molecule has 1 saturated heterocycles. The van der Waals surface area contributed by atoms with Crippen molar-refractivity contribution in [3.05, 3.63) is 46.4 Å². The third-order valence-corrected chi connectivity index (χ3v) is 5.56. The minimum Gasteiger partial charge on any atom is -0.420 e. The standard InChI is InChI=1S/C17H17ClFN3O3/c1-24-9-13-20-21-16(25-13)17-7-5-10(17)6-8-22(17)15(23)11-3-2-4-12(18)14(11)19/h2-4,10H,5-9H2,1H3/t10-,17-/m0/s1. The molecule has 0 N–H and O–H groups in total. The van der Waals surface area contributed by atoms with E-state index in [0.717, 1.165) is 19.3 Å². The van der Waals surface area contributed by atoms with E-state index >= 15 is 0 Å². The quantitative estimate of drug-likeness (QED) is 0.832. The van der Waals surface area contributed by atoms with Gasteiger partial charge in [-0.2, -0.15) is 0 Å². The van der Waals surface area contributed by atoms with Crippen LogP contribution in [0, 0.1) is 11.7 Å². The molecule has 0 radical (unpaired) electrons. The summed E-state index contributed by atoms with van der Waals surface area (Å²) >= 11 is 5.83. The van der Waals surface area contributed by atoms with Gasteiger partial charge in [0.15, 0.2) is 5.82 Å². The maximum atomic E-state index is 14.3. The number of nitrogens with zero attached hydrogens (tertiary/aromatic N) is 3. The van der Waals surface area contributed by atoms with Crippen LogP contribution < -0.4 is 0 Å². The van der Waals surface area contributed by atoms with E-state index in [1.807, 2.05) is 0 Å². The molecule has 1 aliphatic heterocycles. The van der Waals surface area contributed by atoms with Crippen molar-refractivity contribution in [2.24, 2.45) is 5.92 Å². The van der Waals surface area contributed by atoms with E-state index in [2.05, 4.69) is 10.2 Å². The number of ether oxygens (including phenoxy) is 1. The molecule has 25 heavy (non-hydrogen) atoms. The summed E-state index contributed by atoms with van der Waals surface area (Å²) in [6, 6.07) is 4.45. The predicted octanol–water partition coefficient (Wildman–Crippen LogP) is 3.16. The summed E-state index contributed by atoms with van der Waals surface area (Å²) in [7, 11) is 1.54. The first kappa shape index (κ1) is 16.5. The SMILES string of the molecule is COCc1nnc([C@]23CC[C@H]2CCN3C(=O)c2cccc(Cl)c2F)o1. The van der Waals surface area contributed by atoms with Crippen molar-refractivity contribution >= 4 is 17.5 Å². The summed E-state index contributed by atoms with van der Waals surface area (Å²) in [4.78, 5) is 14.7. The second-order valence-corrected chi connectivity index (χ2v) is 6.85. The van der Waals surface area contributed by atoms with Crippen LogP contribution in [0.4, 0.5) is 4.39 Å². The molecule has 1 saturated carbocycles. The van der Waals surface area contributed by atoms with Gasteiger partial charge in [0.25, 0.3) is 5.91 Å². The van der Waals surface area contributed by atoms with Gasteiger partial charge in [-0.15, -0.1) is 10.2 Å². The van der Waals surface area contributed by atoms with E-state index < -0.39 is 17.3 Å². The molecule has 2 atom stereocenters. The minimum atomic E-state index is -0.697. The maximum Gasteiger partial charge on any atom is 0.257 e. The van der Waals surface area contributed by atoms with Gasteiger partial charge in [0, 0.05) is 13.7 Å². The van der Waals surface area contributed by atoms with Crippen LogP contribution in [0.25, 0.3) is 0 Å². The van der Waals surface area contributed by atoms with E-state index in [1.165, 1.54) is 12.1 Å². The monoisotopic (exact) mass is 365 g/mol. The lowest BCUT2D eigenvalue weighted by Gasteiger charge is -2.47. The summed E-state index contributed by atoms with van der Waals surface area (Å²) in [6.45, 7) is 0.738. The van der Waals surface area contributed by atoms with Crippen molar-refractivity contribution in [1.82, 2.24) is 15.1 Å². The number of amides is 1. The lowest BCUT2D eigenvalue weighted by Crippen LogP contribution is -2.54. The summed E-state index contributed by atoms with van der Waals surface area (Å²) in [5.41, 5.74) is -0.679. The van der Waals surface area contributed by atoms with Gasteiger partial charge in [-0.05, 0) is 37.3 Å². The molecule has 1 amide bonds. The second-order valence-electron chi connectivity index (χ2n) is 6.44. The molecule has 2 aliphatic rings. The predicted molar refractivity (Wildman–Crippen MR) is 86.5 cm³/mol. The summed E-state index contributed by atoms with van der Waals surface area (Å²) in [5.74, 6) is -0.0734. The Morgan fingerprint density at radius 1 is 1.48 bits per heavy atom. The largest absolute Gasteiger partial charge is 0.420 e. The summed E-state index contributed by atoms with van der Waals surface area (Å²) in [6.07, 6.45) is 2.53. The van der Waals surface area contributed by atoms with E-state index in [-0.39, 0.29) is 23.1 Å². The van der Waals surface area contributed by atoms with Gasteiger partial charge in [-0.1, -0.05) is 17.7 Å². The van der Waals surface area contributed by atoms with Gasteiger partial charge in [-0.25, -0.2) is 4.39 Å². The van der Waals surface area contributed by atoms with Crippen LogP contribution in [0.15, 0.2) is 22.6 Å². The number of fused-ring (bicyclic) bond motifs is 1. The normalized spacial score (nSPS) is 24.9. The molecular formula is C17H17ClFN3O3. The first-order valence-corrected chi connectivity index (χ1v) is 8.53. The van der Waals surface area contributed by atoms with Gasteiger partial charge < -0.3 is 14.1 Å². The Bertz CT molecular complexity index is 827. The molecule has 0 unspecified atom stereocenters. The fourth-order valence-electron chi connectivity index (χ4n) is 3.95. The van der Waals surface area contributed by atoms with E-state index in [1.54, 1.807) is 18.1 Å². The van der Waals surface area contributed by atoms with Gasteiger partial charge >= 0.3 is 0 Å². The molecule has 0 bridgehead atoms. The van der Waals surface area contributed by atoms with Crippen molar-refractivity contribution in [3.63, 3.8) is 0 Å². The zero-order valence-corrected chi connectivity index (χ0v) is 14.4. The number of hydrogen-bond donors (Lipinski definition) is 0. The summed E-state index contributed by atoms with van der Waals surface area (Å²) < 4.78 is 25.1. The topological polar surface area (TPSA) is 68.5 Å². The van der Waals surface area contributed by atoms with Crippen LogP contribution in [0.1, 0.15) is 41.4 Å². The number of aromatic nitrogens is 2. The van der Waals surface area contributed by atoms with Crippen molar-refractivity contribution in [2.75, 3.05) is 13.7 Å². The molecule has 0 spiro atoms. The Hall–Kier alpha value is -1.99. The van der Waals surface area contributed by atoms with Crippen molar-refractivity contribution < 1.29 is 18.3 Å². The molecule has 4 rings (SSSR count). The molecule has 2 fully saturated rings. The molecule has 2 aromatic rings. The van der Waals surface area contributed by atoms with Crippen LogP contribution >= 0.6 is 11.6 Å². The third kappa shape index (κ3) is 2.37.